The maximum absolute atomic E-state index is 10.3. The van der Waals surface area contributed by atoms with Crippen LogP contribution in [0.15, 0.2) is 36.4 Å². The lowest BCUT2D eigenvalue weighted by atomic mass is 9.92. The van der Waals surface area contributed by atoms with Crippen molar-refractivity contribution < 1.29 is 29.9 Å². The van der Waals surface area contributed by atoms with Crippen LogP contribution in [0.1, 0.15) is 23.3 Å². The van der Waals surface area contributed by atoms with Gasteiger partial charge in [0.15, 0.2) is 17.6 Å². The average Bonchev–Trinajstić information content (AvgIpc) is 2.50. The van der Waals surface area contributed by atoms with Crippen LogP contribution in [0, 0.1) is 0 Å². The topological polar surface area (TPSA) is 99.4 Å². The zero-order chi connectivity index (χ0) is 15.9. The second-order valence-corrected chi connectivity index (χ2v) is 5.13. The van der Waals surface area contributed by atoms with E-state index >= 15 is 0 Å². The third-order valence-electron chi connectivity index (χ3n) is 3.73. The summed E-state index contributed by atoms with van der Waals surface area (Å²) in [4.78, 5) is 0. The van der Waals surface area contributed by atoms with Gasteiger partial charge in [0, 0.05) is 11.6 Å². The number of aliphatic hydroxyl groups is 2. The number of benzene rings is 2. The highest BCUT2D eigenvalue weighted by atomic mass is 16.5. The Morgan fingerprint density at radius 1 is 1.05 bits per heavy atom. The van der Waals surface area contributed by atoms with E-state index in [9.17, 15) is 20.4 Å². The fraction of sp³-hybridized carbons (Fsp3) is 0.250. The van der Waals surface area contributed by atoms with Crippen molar-refractivity contribution in [1.29, 1.82) is 0 Å². The first kappa shape index (κ1) is 14.5. The van der Waals surface area contributed by atoms with Gasteiger partial charge in [-0.1, -0.05) is 6.07 Å². The van der Waals surface area contributed by atoms with Gasteiger partial charge >= 0.3 is 0 Å². The minimum atomic E-state index is -1.20. The number of rotatable bonds is 2. The number of fused-ring (bicyclic) bond motifs is 1. The van der Waals surface area contributed by atoms with Crippen LogP contribution < -0.4 is 9.47 Å². The molecule has 0 radical (unpaired) electrons. The van der Waals surface area contributed by atoms with Gasteiger partial charge in [0.1, 0.15) is 23.7 Å². The normalized spacial score (nSPS) is 23.5. The zero-order valence-electron chi connectivity index (χ0n) is 11.8. The summed E-state index contributed by atoms with van der Waals surface area (Å²) in [5, 5.41) is 39.9. The molecule has 0 saturated heterocycles. The number of phenolic OH excluding ortho intramolecular Hbond substituents is 2. The Morgan fingerprint density at radius 2 is 1.82 bits per heavy atom. The maximum Gasteiger partial charge on any atom is 0.160 e. The van der Waals surface area contributed by atoms with E-state index in [-0.39, 0.29) is 17.2 Å². The van der Waals surface area contributed by atoms with E-state index in [1.165, 1.54) is 31.4 Å². The van der Waals surface area contributed by atoms with Crippen LogP contribution in [0.3, 0.4) is 0 Å². The summed E-state index contributed by atoms with van der Waals surface area (Å²) < 4.78 is 10.7. The molecule has 3 rings (SSSR count). The fourth-order valence-electron chi connectivity index (χ4n) is 2.57. The number of hydrogen-bond acceptors (Lipinski definition) is 6. The molecule has 3 atom stereocenters. The second-order valence-electron chi connectivity index (χ2n) is 5.13. The van der Waals surface area contributed by atoms with Crippen molar-refractivity contribution in [3.63, 3.8) is 0 Å². The number of methoxy groups -OCH3 is 1. The zero-order valence-corrected chi connectivity index (χ0v) is 11.8. The Kier molecular flexibility index (Phi) is 3.56. The third-order valence-corrected chi connectivity index (χ3v) is 3.73. The molecule has 0 aromatic heterocycles. The quantitative estimate of drug-likeness (QED) is 0.673. The van der Waals surface area contributed by atoms with Crippen molar-refractivity contribution in [2.45, 2.75) is 18.3 Å². The minimum absolute atomic E-state index is 0.00123. The number of aromatic hydroxyl groups is 2. The predicted molar refractivity (Wildman–Crippen MR) is 77.1 cm³/mol. The van der Waals surface area contributed by atoms with Crippen LogP contribution in [0.2, 0.25) is 0 Å². The van der Waals surface area contributed by atoms with Crippen LogP contribution in [0.5, 0.6) is 23.0 Å². The summed E-state index contributed by atoms with van der Waals surface area (Å²) in [6.45, 7) is 0. The van der Waals surface area contributed by atoms with Crippen LogP contribution >= 0.6 is 0 Å². The van der Waals surface area contributed by atoms with Crippen molar-refractivity contribution >= 4 is 0 Å². The third kappa shape index (κ3) is 2.32. The molecule has 1 aliphatic heterocycles. The molecule has 6 nitrogen and oxygen atoms in total. The summed E-state index contributed by atoms with van der Waals surface area (Å²) >= 11 is 0. The molecule has 0 amide bonds. The first-order chi connectivity index (χ1) is 10.5. The summed E-state index contributed by atoms with van der Waals surface area (Å²) in [5.41, 5.74) is 0.887. The molecule has 1 heterocycles. The van der Waals surface area contributed by atoms with Gasteiger partial charge in [-0.2, -0.15) is 0 Å². The van der Waals surface area contributed by atoms with Gasteiger partial charge in [0.05, 0.1) is 7.11 Å². The lowest BCUT2D eigenvalue weighted by Gasteiger charge is -2.34. The van der Waals surface area contributed by atoms with E-state index in [0.717, 1.165) is 0 Å². The summed E-state index contributed by atoms with van der Waals surface area (Å²) in [5.74, 6) is 0.497. The smallest absolute Gasteiger partial charge is 0.160 e. The molecule has 0 bridgehead atoms. The van der Waals surface area contributed by atoms with Crippen molar-refractivity contribution in [2.24, 2.45) is 0 Å². The van der Waals surface area contributed by atoms with E-state index in [4.69, 9.17) is 9.47 Å². The molecule has 0 unspecified atom stereocenters. The monoisotopic (exact) mass is 304 g/mol. The van der Waals surface area contributed by atoms with Crippen molar-refractivity contribution in [3.8, 4) is 23.0 Å². The Balaban J connectivity index is 2.00. The highest BCUT2D eigenvalue weighted by Gasteiger charge is 2.37. The molecule has 0 saturated carbocycles. The molecule has 116 valence electrons. The highest BCUT2D eigenvalue weighted by Crippen LogP contribution is 2.43. The molecular formula is C16H16O6. The minimum Gasteiger partial charge on any atom is -0.508 e. The van der Waals surface area contributed by atoms with Gasteiger partial charge in [0.25, 0.3) is 0 Å². The van der Waals surface area contributed by atoms with Gasteiger partial charge in [-0.05, 0) is 29.8 Å². The molecule has 6 heteroatoms. The van der Waals surface area contributed by atoms with E-state index in [2.05, 4.69) is 0 Å². The Morgan fingerprint density at radius 3 is 2.50 bits per heavy atom. The van der Waals surface area contributed by atoms with Gasteiger partial charge in [0.2, 0.25) is 0 Å². The van der Waals surface area contributed by atoms with Gasteiger partial charge in [-0.15, -0.1) is 0 Å². The molecule has 0 spiro atoms. The van der Waals surface area contributed by atoms with Crippen molar-refractivity contribution in [1.82, 2.24) is 0 Å². The van der Waals surface area contributed by atoms with E-state index in [1.807, 2.05) is 0 Å². The SMILES string of the molecule is COc1ccc([C@@H]2Oc3cc(O)ccc3[C@@H](O)[C@@H]2O)cc1O. The summed E-state index contributed by atoms with van der Waals surface area (Å²) in [6, 6.07) is 8.88. The van der Waals surface area contributed by atoms with Crippen LogP contribution in [-0.2, 0) is 0 Å². The molecule has 0 fully saturated rings. The number of aliphatic hydroxyl groups excluding tert-OH is 2. The fourth-order valence-corrected chi connectivity index (χ4v) is 2.57. The van der Waals surface area contributed by atoms with Gasteiger partial charge < -0.3 is 29.9 Å². The molecule has 0 aliphatic carbocycles. The van der Waals surface area contributed by atoms with Crippen LogP contribution in [0.25, 0.3) is 0 Å². The Hall–Kier alpha value is -2.44. The number of phenols is 2. The molecule has 2 aromatic rings. The molecule has 2 aromatic carbocycles. The Bertz CT molecular complexity index is 699. The lowest BCUT2D eigenvalue weighted by molar-refractivity contribution is -0.0701. The molecule has 22 heavy (non-hydrogen) atoms. The summed E-state index contributed by atoms with van der Waals surface area (Å²) in [6.07, 6.45) is -3.23. The van der Waals surface area contributed by atoms with Crippen molar-refractivity contribution in [2.75, 3.05) is 7.11 Å². The van der Waals surface area contributed by atoms with Gasteiger partial charge in [-0.25, -0.2) is 0 Å². The molecule has 4 N–H and O–H groups in total. The number of hydrogen-bond donors (Lipinski definition) is 4. The lowest BCUT2D eigenvalue weighted by Crippen LogP contribution is -2.34. The van der Waals surface area contributed by atoms with E-state index in [1.54, 1.807) is 12.1 Å². The van der Waals surface area contributed by atoms with Crippen LogP contribution in [0.4, 0.5) is 0 Å². The first-order valence-corrected chi connectivity index (χ1v) is 6.74. The molecule has 1 aliphatic rings. The standard InChI is InChI=1S/C16H16O6/c1-21-12-5-2-8(6-11(12)18)16-15(20)14(19)10-4-3-9(17)7-13(10)22-16/h2-7,14-20H,1H3/t14-,15+,16+/m1/s1. The second kappa shape index (κ2) is 5.40. The van der Waals surface area contributed by atoms with Crippen LogP contribution in [-0.4, -0.2) is 33.6 Å². The largest absolute Gasteiger partial charge is 0.508 e. The summed E-state index contributed by atoms with van der Waals surface area (Å²) in [7, 11) is 1.43. The maximum atomic E-state index is 10.3. The van der Waals surface area contributed by atoms with E-state index in [0.29, 0.717) is 16.9 Å². The number of ether oxygens (including phenoxy) is 2. The van der Waals surface area contributed by atoms with E-state index < -0.39 is 18.3 Å². The predicted octanol–water partition coefficient (Wildman–Crippen LogP) is 1.63. The Labute approximate surface area is 126 Å². The average molecular weight is 304 g/mol. The molecular weight excluding hydrogens is 288 g/mol. The first-order valence-electron chi connectivity index (χ1n) is 6.74. The van der Waals surface area contributed by atoms with Gasteiger partial charge in [-0.3, -0.25) is 0 Å². The highest BCUT2D eigenvalue weighted by molar-refractivity contribution is 5.47. The van der Waals surface area contributed by atoms with Crippen molar-refractivity contribution in [3.05, 3.63) is 47.5 Å².